The quantitative estimate of drug-likeness (QED) is 0.583. The Labute approximate surface area is 78.5 Å². The second kappa shape index (κ2) is 3.95. The number of carbonyl (C=O) groups is 2. The number of hydrogen-bond donors (Lipinski definition) is 1. The number of primary amides is 1. The number of hydrogen-bond acceptors (Lipinski definition) is 2. The van der Waals surface area contributed by atoms with E-state index < -0.39 is 29.7 Å². The molecule has 0 aliphatic rings. The van der Waals surface area contributed by atoms with Crippen LogP contribution in [-0.2, 0) is 4.79 Å². The van der Waals surface area contributed by atoms with Gasteiger partial charge in [0, 0.05) is 6.07 Å². The van der Waals surface area contributed by atoms with Gasteiger partial charge in [-0.1, -0.05) is 0 Å². The van der Waals surface area contributed by atoms with Gasteiger partial charge in [0.1, 0.15) is 11.6 Å². The lowest BCUT2D eigenvalue weighted by molar-refractivity contribution is -0.117. The number of nitrogens with two attached hydrogens (primary N) is 1. The highest BCUT2D eigenvalue weighted by Crippen LogP contribution is 2.11. The fourth-order valence-electron chi connectivity index (χ4n) is 0.969. The first-order valence-corrected chi connectivity index (χ1v) is 3.77. The zero-order chi connectivity index (χ0) is 10.7. The molecule has 0 saturated carbocycles. The van der Waals surface area contributed by atoms with Crippen molar-refractivity contribution in [1.82, 2.24) is 0 Å². The van der Waals surface area contributed by atoms with Crippen LogP contribution in [0.3, 0.4) is 0 Å². The minimum Gasteiger partial charge on any atom is -0.369 e. The molecular weight excluding hydrogens is 192 g/mol. The van der Waals surface area contributed by atoms with Crippen molar-refractivity contribution in [2.75, 3.05) is 0 Å². The Morgan fingerprint density at radius 2 is 1.93 bits per heavy atom. The molecule has 0 radical (unpaired) electrons. The van der Waals surface area contributed by atoms with Crippen molar-refractivity contribution >= 4 is 11.7 Å². The fraction of sp³-hybridized carbons (Fsp3) is 0.111. The lowest BCUT2D eigenvalue weighted by Crippen LogP contribution is -2.17. The van der Waals surface area contributed by atoms with Crippen LogP contribution < -0.4 is 5.73 Å². The van der Waals surface area contributed by atoms with E-state index in [2.05, 4.69) is 0 Å². The average Bonchev–Trinajstić information content (AvgIpc) is 2.01. The third-order valence-electron chi connectivity index (χ3n) is 1.57. The highest BCUT2D eigenvalue weighted by Gasteiger charge is 2.14. The highest BCUT2D eigenvalue weighted by molar-refractivity contribution is 6.07. The minimum atomic E-state index is -0.990. The summed E-state index contributed by atoms with van der Waals surface area (Å²) < 4.78 is 25.4. The molecule has 0 spiro atoms. The summed E-state index contributed by atoms with van der Waals surface area (Å²) in [5.41, 5.74) is 4.43. The smallest absolute Gasteiger partial charge is 0.225 e. The largest absolute Gasteiger partial charge is 0.369 e. The van der Waals surface area contributed by atoms with E-state index in [1.54, 1.807) is 0 Å². The topological polar surface area (TPSA) is 60.2 Å². The summed E-state index contributed by atoms with van der Waals surface area (Å²) in [6, 6.07) is 2.50. The van der Waals surface area contributed by atoms with E-state index >= 15 is 0 Å². The van der Waals surface area contributed by atoms with Gasteiger partial charge in [-0.05, 0) is 12.1 Å². The number of Topliss-reactive ketones (excluding diaryl/α,β-unsaturated/α-hetero) is 1. The van der Waals surface area contributed by atoms with E-state index in [4.69, 9.17) is 5.73 Å². The molecule has 0 aliphatic carbocycles. The molecule has 0 bridgehead atoms. The van der Waals surface area contributed by atoms with Crippen LogP contribution in [0.2, 0.25) is 0 Å². The van der Waals surface area contributed by atoms with Crippen LogP contribution in [0.25, 0.3) is 0 Å². The molecule has 0 fully saturated rings. The standard InChI is InChI=1S/C9H7F2NO2/c10-5-1-2-6(7(11)3-5)8(13)4-9(12)14/h1-3H,4H2,(H2,12,14). The van der Waals surface area contributed by atoms with Gasteiger partial charge in [0.15, 0.2) is 5.78 Å². The molecule has 5 heteroatoms. The van der Waals surface area contributed by atoms with Gasteiger partial charge < -0.3 is 5.73 Å². The Hall–Kier alpha value is -1.78. The number of carbonyl (C=O) groups excluding carboxylic acids is 2. The maximum Gasteiger partial charge on any atom is 0.225 e. The third kappa shape index (κ3) is 2.35. The Kier molecular flexibility index (Phi) is 2.91. The molecule has 0 atom stereocenters. The van der Waals surface area contributed by atoms with Gasteiger partial charge in [-0.25, -0.2) is 8.78 Å². The molecule has 14 heavy (non-hydrogen) atoms. The number of benzene rings is 1. The SMILES string of the molecule is NC(=O)CC(=O)c1ccc(F)cc1F. The van der Waals surface area contributed by atoms with Crippen LogP contribution in [0.15, 0.2) is 18.2 Å². The van der Waals surface area contributed by atoms with Crippen molar-refractivity contribution in [2.45, 2.75) is 6.42 Å². The van der Waals surface area contributed by atoms with Crippen LogP contribution in [0.1, 0.15) is 16.8 Å². The number of halogens is 2. The van der Waals surface area contributed by atoms with Gasteiger partial charge in [0.05, 0.1) is 12.0 Å². The van der Waals surface area contributed by atoms with E-state index in [1.807, 2.05) is 0 Å². The summed E-state index contributed by atoms with van der Waals surface area (Å²) in [7, 11) is 0. The van der Waals surface area contributed by atoms with Gasteiger partial charge in [0.25, 0.3) is 0 Å². The molecule has 1 rings (SSSR count). The van der Waals surface area contributed by atoms with Crippen molar-refractivity contribution < 1.29 is 18.4 Å². The van der Waals surface area contributed by atoms with Crippen LogP contribution in [0.5, 0.6) is 0 Å². The summed E-state index contributed by atoms with van der Waals surface area (Å²) in [5, 5.41) is 0. The molecular formula is C9H7F2NO2. The molecule has 1 amide bonds. The van der Waals surface area contributed by atoms with Crippen molar-refractivity contribution in [3.05, 3.63) is 35.4 Å². The van der Waals surface area contributed by atoms with Crippen LogP contribution in [0.4, 0.5) is 8.78 Å². The summed E-state index contributed by atoms with van der Waals surface area (Å²) in [4.78, 5) is 21.5. The predicted molar refractivity (Wildman–Crippen MR) is 44.5 cm³/mol. The Morgan fingerprint density at radius 1 is 1.29 bits per heavy atom. The first-order valence-electron chi connectivity index (χ1n) is 3.77. The maximum absolute atomic E-state index is 12.9. The van der Waals surface area contributed by atoms with E-state index in [1.165, 1.54) is 0 Å². The molecule has 0 heterocycles. The number of ketones is 1. The van der Waals surface area contributed by atoms with Crippen LogP contribution >= 0.6 is 0 Å². The molecule has 0 saturated heterocycles. The molecule has 0 aromatic heterocycles. The second-order valence-corrected chi connectivity index (χ2v) is 2.69. The molecule has 1 aromatic rings. The molecule has 0 aliphatic heterocycles. The van der Waals surface area contributed by atoms with Crippen molar-refractivity contribution in [1.29, 1.82) is 0 Å². The van der Waals surface area contributed by atoms with Gasteiger partial charge in [-0.15, -0.1) is 0 Å². The second-order valence-electron chi connectivity index (χ2n) is 2.69. The van der Waals surface area contributed by atoms with E-state index in [0.717, 1.165) is 12.1 Å². The summed E-state index contributed by atoms with van der Waals surface area (Å²) in [6.45, 7) is 0. The van der Waals surface area contributed by atoms with Gasteiger partial charge in [-0.2, -0.15) is 0 Å². The van der Waals surface area contributed by atoms with E-state index in [9.17, 15) is 18.4 Å². The maximum atomic E-state index is 12.9. The summed E-state index contributed by atoms with van der Waals surface area (Å²) in [6.07, 6.45) is -0.581. The summed E-state index contributed by atoms with van der Waals surface area (Å²) in [5.74, 6) is -3.37. The third-order valence-corrected chi connectivity index (χ3v) is 1.57. The zero-order valence-electron chi connectivity index (χ0n) is 7.09. The Balaban J connectivity index is 2.96. The molecule has 3 nitrogen and oxygen atoms in total. The van der Waals surface area contributed by atoms with E-state index in [-0.39, 0.29) is 5.56 Å². The molecule has 74 valence electrons. The molecule has 2 N–H and O–H groups in total. The van der Waals surface area contributed by atoms with E-state index in [0.29, 0.717) is 6.07 Å². The normalized spacial score (nSPS) is 9.86. The van der Waals surface area contributed by atoms with Crippen molar-refractivity contribution in [3.8, 4) is 0 Å². The monoisotopic (exact) mass is 199 g/mol. The number of amides is 1. The van der Waals surface area contributed by atoms with Crippen LogP contribution in [0, 0.1) is 11.6 Å². The van der Waals surface area contributed by atoms with Crippen LogP contribution in [-0.4, -0.2) is 11.7 Å². The highest BCUT2D eigenvalue weighted by atomic mass is 19.1. The first-order chi connectivity index (χ1) is 6.50. The lowest BCUT2D eigenvalue weighted by atomic mass is 10.1. The zero-order valence-corrected chi connectivity index (χ0v) is 7.09. The average molecular weight is 199 g/mol. The minimum absolute atomic E-state index is 0.329. The molecule has 0 unspecified atom stereocenters. The molecule has 1 aromatic carbocycles. The van der Waals surface area contributed by atoms with Gasteiger partial charge in [-0.3, -0.25) is 9.59 Å². The van der Waals surface area contributed by atoms with Crippen molar-refractivity contribution in [3.63, 3.8) is 0 Å². The first kappa shape index (κ1) is 10.3. The van der Waals surface area contributed by atoms with Gasteiger partial charge >= 0.3 is 0 Å². The van der Waals surface area contributed by atoms with Crippen molar-refractivity contribution in [2.24, 2.45) is 5.73 Å². The summed E-state index contributed by atoms with van der Waals surface area (Å²) >= 11 is 0. The fourth-order valence-corrected chi connectivity index (χ4v) is 0.969. The number of rotatable bonds is 3. The Bertz CT molecular complexity index is 390. The Morgan fingerprint density at radius 3 is 2.43 bits per heavy atom. The lowest BCUT2D eigenvalue weighted by Gasteiger charge is -1.99. The predicted octanol–water partition coefficient (Wildman–Crippen LogP) is 1.02. The van der Waals surface area contributed by atoms with Gasteiger partial charge in [0.2, 0.25) is 5.91 Å².